The molecule has 0 N–H and O–H groups in total. The first-order chi connectivity index (χ1) is 12.5. The number of aromatic nitrogens is 3. The SMILES string of the molecule is CCc1nn2c(=O)cc(COC(=O)CCOc3cccc(C)c3)nc2s1. The number of ether oxygens (including phenoxy) is 2. The fraction of sp³-hybridized carbons (Fsp3) is 0.333. The van der Waals surface area contributed by atoms with Crippen LogP contribution in [0.5, 0.6) is 5.75 Å². The third-order valence-electron chi connectivity index (χ3n) is 3.59. The molecule has 3 aromatic rings. The van der Waals surface area contributed by atoms with E-state index in [0.717, 1.165) is 22.7 Å². The molecular weight excluding hydrogens is 354 g/mol. The summed E-state index contributed by atoms with van der Waals surface area (Å²) in [5.74, 6) is 0.313. The van der Waals surface area contributed by atoms with Crippen molar-refractivity contribution in [3.05, 3.63) is 57.0 Å². The van der Waals surface area contributed by atoms with Gasteiger partial charge < -0.3 is 9.47 Å². The molecule has 0 amide bonds. The van der Waals surface area contributed by atoms with Gasteiger partial charge in [0.05, 0.1) is 18.7 Å². The minimum Gasteiger partial charge on any atom is -0.493 e. The Hall–Kier alpha value is -2.74. The second-order valence-corrected chi connectivity index (χ2v) is 6.75. The molecule has 0 saturated heterocycles. The average molecular weight is 373 g/mol. The molecule has 0 fully saturated rings. The van der Waals surface area contributed by atoms with Crippen LogP contribution in [0.2, 0.25) is 0 Å². The Morgan fingerprint density at radius 3 is 2.92 bits per heavy atom. The Balaban J connectivity index is 1.52. The predicted molar refractivity (Wildman–Crippen MR) is 97.6 cm³/mol. The molecule has 136 valence electrons. The molecule has 1 aromatic carbocycles. The van der Waals surface area contributed by atoms with Crippen LogP contribution in [0.4, 0.5) is 0 Å². The number of hydrogen-bond acceptors (Lipinski definition) is 7. The second kappa shape index (κ2) is 8.09. The highest BCUT2D eigenvalue weighted by molar-refractivity contribution is 7.16. The lowest BCUT2D eigenvalue weighted by atomic mass is 10.2. The largest absolute Gasteiger partial charge is 0.493 e. The monoisotopic (exact) mass is 373 g/mol. The maximum Gasteiger partial charge on any atom is 0.309 e. The molecule has 8 heteroatoms. The van der Waals surface area contributed by atoms with Gasteiger partial charge in [0.2, 0.25) is 4.96 Å². The fourth-order valence-corrected chi connectivity index (χ4v) is 3.15. The molecule has 26 heavy (non-hydrogen) atoms. The molecule has 0 spiro atoms. The van der Waals surface area contributed by atoms with Crippen molar-refractivity contribution in [1.29, 1.82) is 0 Å². The number of nitrogens with zero attached hydrogens (tertiary/aromatic N) is 3. The van der Waals surface area contributed by atoms with Crippen LogP contribution in [0, 0.1) is 6.92 Å². The Kier molecular flexibility index (Phi) is 5.62. The number of fused-ring (bicyclic) bond motifs is 1. The molecule has 0 aliphatic rings. The number of aryl methyl sites for hydroxylation is 2. The molecule has 2 aromatic heterocycles. The maximum atomic E-state index is 12.0. The molecule has 3 rings (SSSR count). The smallest absolute Gasteiger partial charge is 0.309 e. The lowest BCUT2D eigenvalue weighted by Gasteiger charge is -2.07. The van der Waals surface area contributed by atoms with E-state index in [0.29, 0.717) is 10.7 Å². The Bertz CT molecular complexity index is 980. The molecule has 7 nitrogen and oxygen atoms in total. The topological polar surface area (TPSA) is 82.8 Å². The molecule has 0 radical (unpaired) electrons. The number of hydrogen-bond donors (Lipinski definition) is 0. The van der Waals surface area contributed by atoms with Crippen LogP contribution in [-0.4, -0.2) is 27.2 Å². The van der Waals surface area contributed by atoms with E-state index in [1.165, 1.54) is 21.9 Å². The van der Waals surface area contributed by atoms with E-state index in [4.69, 9.17) is 9.47 Å². The van der Waals surface area contributed by atoms with E-state index in [9.17, 15) is 9.59 Å². The lowest BCUT2D eigenvalue weighted by molar-refractivity contribution is -0.145. The summed E-state index contributed by atoms with van der Waals surface area (Å²) in [6.45, 7) is 4.12. The number of carbonyl (C=O) groups excluding carboxylic acids is 1. The Morgan fingerprint density at radius 1 is 1.31 bits per heavy atom. The van der Waals surface area contributed by atoms with Crippen LogP contribution in [0.3, 0.4) is 0 Å². The van der Waals surface area contributed by atoms with Crippen LogP contribution in [0.15, 0.2) is 35.1 Å². The number of esters is 1. The van der Waals surface area contributed by atoms with Gasteiger partial charge in [-0.2, -0.15) is 9.61 Å². The zero-order valence-electron chi connectivity index (χ0n) is 14.6. The summed E-state index contributed by atoms with van der Waals surface area (Å²) in [5.41, 5.74) is 1.22. The summed E-state index contributed by atoms with van der Waals surface area (Å²) in [7, 11) is 0. The molecule has 0 saturated carbocycles. The molecule has 0 atom stereocenters. The van der Waals surface area contributed by atoms with Crippen molar-refractivity contribution >= 4 is 22.3 Å². The number of benzene rings is 1. The standard InChI is InChI=1S/C18H19N3O4S/c1-3-15-20-21-16(22)10-13(19-18(21)26-15)11-25-17(23)7-8-24-14-6-4-5-12(2)9-14/h4-6,9-10H,3,7-8,11H2,1-2H3. The summed E-state index contributed by atoms with van der Waals surface area (Å²) < 4.78 is 12.0. The molecule has 2 heterocycles. The third-order valence-corrected chi connectivity index (χ3v) is 4.64. The van der Waals surface area contributed by atoms with Crippen molar-refractivity contribution in [2.24, 2.45) is 0 Å². The van der Waals surface area contributed by atoms with E-state index >= 15 is 0 Å². The van der Waals surface area contributed by atoms with E-state index in [2.05, 4.69) is 10.1 Å². The van der Waals surface area contributed by atoms with Crippen LogP contribution in [-0.2, 0) is 22.6 Å². The highest BCUT2D eigenvalue weighted by Crippen LogP contribution is 2.13. The third kappa shape index (κ3) is 4.45. The van der Waals surface area contributed by atoms with E-state index < -0.39 is 5.97 Å². The predicted octanol–water partition coefficient (Wildman–Crippen LogP) is 2.53. The normalized spacial score (nSPS) is 10.8. The molecule has 0 unspecified atom stereocenters. The summed E-state index contributed by atoms with van der Waals surface area (Å²) in [6, 6.07) is 8.94. The summed E-state index contributed by atoms with van der Waals surface area (Å²) in [4.78, 5) is 28.7. The van der Waals surface area contributed by atoms with Gasteiger partial charge in [-0.15, -0.1) is 0 Å². The molecule has 0 aliphatic heterocycles. The quantitative estimate of drug-likeness (QED) is 0.592. The van der Waals surface area contributed by atoms with Gasteiger partial charge in [-0.1, -0.05) is 30.4 Å². The van der Waals surface area contributed by atoms with Crippen molar-refractivity contribution in [3.8, 4) is 5.75 Å². The van der Waals surface area contributed by atoms with Crippen LogP contribution < -0.4 is 10.3 Å². The fourth-order valence-electron chi connectivity index (χ4n) is 2.30. The first kappa shape index (κ1) is 18.1. The van der Waals surface area contributed by atoms with Crippen molar-refractivity contribution in [2.45, 2.75) is 33.3 Å². The summed E-state index contributed by atoms with van der Waals surface area (Å²) in [5, 5.41) is 5.01. The van der Waals surface area contributed by atoms with Crippen LogP contribution >= 0.6 is 11.3 Å². The van der Waals surface area contributed by atoms with Crippen molar-refractivity contribution in [3.63, 3.8) is 0 Å². The second-order valence-electron chi connectivity index (χ2n) is 5.71. The van der Waals surface area contributed by atoms with Crippen molar-refractivity contribution in [2.75, 3.05) is 6.61 Å². The lowest BCUT2D eigenvalue weighted by Crippen LogP contribution is -2.17. The summed E-state index contributed by atoms with van der Waals surface area (Å²) >= 11 is 1.35. The highest BCUT2D eigenvalue weighted by atomic mass is 32.1. The van der Waals surface area contributed by atoms with Gasteiger partial charge in [-0.05, 0) is 31.0 Å². The maximum absolute atomic E-state index is 12.0. The Labute approximate surface area is 154 Å². The number of carbonyl (C=O) groups is 1. The van der Waals surface area contributed by atoms with E-state index in [1.54, 1.807) is 0 Å². The highest BCUT2D eigenvalue weighted by Gasteiger charge is 2.10. The first-order valence-electron chi connectivity index (χ1n) is 8.29. The average Bonchev–Trinajstić information content (AvgIpc) is 3.04. The minimum atomic E-state index is -0.404. The molecule has 0 aliphatic carbocycles. The zero-order chi connectivity index (χ0) is 18.5. The van der Waals surface area contributed by atoms with Crippen LogP contribution in [0.1, 0.15) is 29.6 Å². The zero-order valence-corrected chi connectivity index (χ0v) is 15.4. The van der Waals surface area contributed by atoms with Gasteiger partial charge in [-0.3, -0.25) is 9.59 Å². The minimum absolute atomic E-state index is 0.0472. The van der Waals surface area contributed by atoms with Crippen LogP contribution in [0.25, 0.3) is 4.96 Å². The van der Waals surface area contributed by atoms with Crippen molar-refractivity contribution in [1.82, 2.24) is 14.6 Å². The van der Waals surface area contributed by atoms with Gasteiger partial charge >= 0.3 is 5.97 Å². The van der Waals surface area contributed by atoms with Gasteiger partial charge in [0.1, 0.15) is 17.4 Å². The summed E-state index contributed by atoms with van der Waals surface area (Å²) in [6.07, 6.45) is 0.856. The van der Waals surface area contributed by atoms with Crippen molar-refractivity contribution < 1.29 is 14.3 Å². The van der Waals surface area contributed by atoms with Gasteiger partial charge in [-0.25, -0.2) is 4.98 Å². The van der Waals surface area contributed by atoms with E-state index in [-0.39, 0.29) is 25.2 Å². The van der Waals surface area contributed by atoms with E-state index in [1.807, 2.05) is 38.1 Å². The number of rotatable bonds is 7. The Morgan fingerprint density at radius 2 is 2.15 bits per heavy atom. The van der Waals surface area contributed by atoms with Gasteiger partial charge in [0, 0.05) is 6.07 Å². The van der Waals surface area contributed by atoms with Gasteiger partial charge in [0.15, 0.2) is 0 Å². The van der Waals surface area contributed by atoms with Gasteiger partial charge in [0.25, 0.3) is 5.56 Å². The molecule has 0 bridgehead atoms. The molecular formula is C18H19N3O4S. The first-order valence-corrected chi connectivity index (χ1v) is 9.10.